The fourth-order valence-electron chi connectivity index (χ4n) is 1.75. The standard InChI is InChI=1S/C9H14O2/c1-2-7-5-3-4-6-8(7)9(10)11/h2,7-8H,1,3-6H2,(H,10,11)/t7-,8-/m1/s1. The van der Waals surface area contributed by atoms with Gasteiger partial charge in [0.15, 0.2) is 0 Å². The molecule has 1 N–H and O–H groups in total. The predicted octanol–water partition coefficient (Wildman–Crippen LogP) is 2.06. The van der Waals surface area contributed by atoms with Crippen LogP contribution in [0.5, 0.6) is 0 Å². The van der Waals surface area contributed by atoms with Gasteiger partial charge < -0.3 is 5.11 Å². The van der Waals surface area contributed by atoms with E-state index >= 15 is 0 Å². The zero-order chi connectivity index (χ0) is 8.27. The first-order valence-corrected chi connectivity index (χ1v) is 4.11. The van der Waals surface area contributed by atoms with Gasteiger partial charge in [0.2, 0.25) is 0 Å². The lowest BCUT2D eigenvalue weighted by atomic mass is 9.79. The number of allylic oxidation sites excluding steroid dienone is 1. The summed E-state index contributed by atoms with van der Waals surface area (Å²) in [5, 5.41) is 8.79. The lowest BCUT2D eigenvalue weighted by Crippen LogP contribution is -2.25. The number of carboxylic acid groups (broad SMARTS) is 1. The molecular formula is C9H14O2. The Bertz CT molecular complexity index is 163. The molecule has 0 aliphatic heterocycles. The summed E-state index contributed by atoms with van der Waals surface area (Å²) >= 11 is 0. The summed E-state index contributed by atoms with van der Waals surface area (Å²) < 4.78 is 0. The summed E-state index contributed by atoms with van der Waals surface area (Å²) in [6.07, 6.45) is 5.83. The molecule has 0 radical (unpaired) electrons. The van der Waals surface area contributed by atoms with Crippen molar-refractivity contribution in [1.29, 1.82) is 0 Å². The molecule has 1 rings (SSSR count). The normalized spacial score (nSPS) is 31.3. The third kappa shape index (κ3) is 1.82. The predicted molar refractivity (Wildman–Crippen MR) is 43.3 cm³/mol. The van der Waals surface area contributed by atoms with Crippen molar-refractivity contribution < 1.29 is 9.90 Å². The molecule has 2 nitrogen and oxygen atoms in total. The number of aliphatic carboxylic acids is 1. The van der Waals surface area contributed by atoms with Crippen molar-refractivity contribution in [3.8, 4) is 0 Å². The highest BCUT2D eigenvalue weighted by Crippen LogP contribution is 2.30. The van der Waals surface area contributed by atoms with E-state index in [9.17, 15) is 4.79 Å². The smallest absolute Gasteiger partial charge is 0.307 e. The topological polar surface area (TPSA) is 37.3 Å². The van der Waals surface area contributed by atoms with E-state index in [0.717, 1.165) is 25.7 Å². The van der Waals surface area contributed by atoms with Crippen molar-refractivity contribution in [2.24, 2.45) is 11.8 Å². The Morgan fingerprint density at radius 3 is 2.55 bits per heavy atom. The lowest BCUT2D eigenvalue weighted by Gasteiger charge is -2.25. The fourth-order valence-corrected chi connectivity index (χ4v) is 1.75. The van der Waals surface area contributed by atoms with Crippen LogP contribution >= 0.6 is 0 Å². The summed E-state index contributed by atoms with van der Waals surface area (Å²) in [4.78, 5) is 10.7. The lowest BCUT2D eigenvalue weighted by molar-refractivity contribution is -0.144. The SMILES string of the molecule is C=C[C@@H]1CCCC[C@H]1C(=O)O. The molecule has 0 aromatic heterocycles. The quantitative estimate of drug-likeness (QED) is 0.618. The third-order valence-electron chi connectivity index (χ3n) is 2.44. The van der Waals surface area contributed by atoms with E-state index in [2.05, 4.69) is 6.58 Å². The van der Waals surface area contributed by atoms with Crippen molar-refractivity contribution in [1.82, 2.24) is 0 Å². The molecule has 0 amide bonds. The van der Waals surface area contributed by atoms with Crippen LogP contribution < -0.4 is 0 Å². The Morgan fingerprint density at radius 1 is 1.45 bits per heavy atom. The van der Waals surface area contributed by atoms with Crippen LogP contribution in [0.2, 0.25) is 0 Å². The number of hydrogen-bond donors (Lipinski definition) is 1. The fraction of sp³-hybridized carbons (Fsp3) is 0.667. The average Bonchev–Trinajstić information content (AvgIpc) is 2.04. The van der Waals surface area contributed by atoms with Gasteiger partial charge in [0.25, 0.3) is 0 Å². The molecule has 2 heteroatoms. The third-order valence-corrected chi connectivity index (χ3v) is 2.44. The van der Waals surface area contributed by atoms with Crippen LogP contribution in [0.3, 0.4) is 0 Å². The van der Waals surface area contributed by atoms with Crippen molar-refractivity contribution in [2.75, 3.05) is 0 Å². The molecule has 62 valence electrons. The minimum Gasteiger partial charge on any atom is -0.481 e. The summed E-state index contributed by atoms with van der Waals surface area (Å²) in [5.74, 6) is -0.614. The molecule has 11 heavy (non-hydrogen) atoms. The van der Waals surface area contributed by atoms with Gasteiger partial charge in [-0.05, 0) is 18.8 Å². The first-order valence-electron chi connectivity index (χ1n) is 4.11. The molecule has 1 fully saturated rings. The zero-order valence-electron chi connectivity index (χ0n) is 6.62. The first-order chi connectivity index (χ1) is 5.25. The van der Waals surface area contributed by atoms with Crippen molar-refractivity contribution in [3.63, 3.8) is 0 Å². The van der Waals surface area contributed by atoms with Gasteiger partial charge >= 0.3 is 5.97 Å². The van der Waals surface area contributed by atoms with Crippen LogP contribution in [0.4, 0.5) is 0 Å². The average molecular weight is 154 g/mol. The van der Waals surface area contributed by atoms with Crippen LogP contribution in [0.1, 0.15) is 25.7 Å². The summed E-state index contributed by atoms with van der Waals surface area (Å²) in [6.45, 7) is 3.65. The molecule has 2 atom stereocenters. The van der Waals surface area contributed by atoms with E-state index in [0.29, 0.717) is 0 Å². The van der Waals surface area contributed by atoms with Gasteiger partial charge in [-0.15, -0.1) is 6.58 Å². The van der Waals surface area contributed by atoms with Gasteiger partial charge in [-0.25, -0.2) is 0 Å². The molecule has 0 saturated heterocycles. The van der Waals surface area contributed by atoms with Crippen LogP contribution in [-0.2, 0) is 4.79 Å². The minimum atomic E-state index is -0.658. The maximum Gasteiger partial charge on any atom is 0.307 e. The molecule has 0 spiro atoms. The van der Waals surface area contributed by atoms with Gasteiger partial charge in [-0.3, -0.25) is 4.79 Å². The molecule has 1 aliphatic carbocycles. The summed E-state index contributed by atoms with van der Waals surface area (Å²) in [5.41, 5.74) is 0. The minimum absolute atomic E-state index is 0.166. The highest BCUT2D eigenvalue weighted by atomic mass is 16.4. The monoisotopic (exact) mass is 154 g/mol. The Hall–Kier alpha value is -0.790. The Kier molecular flexibility index (Phi) is 2.69. The molecule has 0 unspecified atom stereocenters. The zero-order valence-corrected chi connectivity index (χ0v) is 6.62. The number of carbonyl (C=O) groups is 1. The first kappa shape index (κ1) is 8.31. The van der Waals surface area contributed by atoms with E-state index in [1.54, 1.807) is 6.08 Å². The maximum atomic E-state index is 10.7. The van der Waals surface area contributed by atoms with E-state index in [1.165, 1.54) is 0 Å². The van der Waals surface area contributed by atoms with Gasteiger partial charge in [0.1, 0.15) is 0 Å². The molecule has 0 aromatic carbocycles. The van der Waals surface area contributed by atoms with Crippen LogP contribution in [0.15, 0.2) is 12.7 Å². The van der Waals surface area contributed by atoms with Gasteiger partial charge in [-0.1, -0.05) is 18.9 Å². The molecular weight excluding hydrogens is 140 g/mol. The number of rotatable bonds is 2. The second-order valence-electron chi connectivity index (χ2n) is 3.13. The highest BCUT2D eigenvalue weighted by molar-refractivity contribution is 5.70. The second kappa shape index (κ2) is 3.56. The van der Waals surface area contributed by atoms with Gasteiger partial charge in [0.05, 0.1) is 5.92 Å². The van der Waals surface area contributed by atoms with Crippen LogP contribution in [0.25, 0.3) is 0 Å². The Morgan fingerprint density at radius 2 is 2.09 bits per heavy atom. The van der Waals surface area contributed by atoms with E-state index in [1.807, 2.05) is 0 Å². The largest absolute Gasteiger partial charge is 0.481 e. The van der Waals surface area contributed by atoms with Gasteiger partial charge in [0, 0.05) is 0 Å². The maximum absolute atomic E-state index is 10.7. The van der Waals surface area contributed by atoms with Crippen molar-refractivity contribution in [2.45, 2.75) is 25.7 Å². The number of carboxylic acids is 1. The van der Waals surface area contributed by atoms with E-state index in [-0.39, 0.29) is 11.8 Å². The van der Waals surface area contributed by atoms with Crippen LogP contribution in [-0.4, -0.2) is 11.1 Å². The van der Waals surface area contributed by atoms with E-state index < -0.39 is 5.97 Å². The second-order valence-corrected chi connectivity index (χ2v) is 3.13. The molecule has 0 heterocycles. The van der Waals surface area contributed by atoms with Crippen molar-refractivity contribution >= 4 is 5.97 Å². The molecule has 1 aliphatic rings. The molecule has 1 saturated carbocycles. The Balaban J connectivity index is 2.58. The van der Waals surface area contributed by atoms with Crippen molar-refractivity contribution in [3.05, 3.63) is 12.7 Å². The molecule has 0 bridgehead atoms. The summed E-state index contributed by atoms with van der Waals surface area (Å²) in [7, 11) is 0. The van der Waals surface area contributed by atoms with Gasteiger partial charge in [-0.2, -0.15) is 0 Å². The summed E-state index contributed by atoms with van der Waals surface area (Å²) in [6, 6.07) is 0. The highest BCUT2D eigenvalue weighted by Gasteiger charge is 2.28. The Labute approximate surface area is 66.9 Å². The van der Waals surface area contributed by atoms with Crippen LogP contribution in [0, 0.1) is 11.8 Å². The molecule has 0 aromatic rings. The number of hydrogen-bond acceptors (Lipinski definition) is 1. The van der Waals surface area contributed by atoms with E-state index in [4.69, 9.17) is 5.11 Å².